The number of aryl methyl sites for hydroxylation is 2. The Kier molecular flexibility index (Phi) is 6.16. The predicted octanol–water partition coefficient (Wildman–Crippen LogP) is 3.89. The maximum atomic E-state index is 12.5. The Bertz CT molecular complexity index is 856. The van der Waals surface area contributed by atoms with Gasteiger partial charge in [0.2, 0.25) is 0 Å². The first-order chi connectivity index (χ1) is 12.9. The van der Waals surface area contributed by atoms with E-state index in [1.165, 1.54) is 4.88 Å². The van der Waals surface area contributed by atoms with Crippen LogP contribution < -0.4 is 10.6 Å². The van der Waals surface area contributed by atoms with Crippen LogP contribution in [0.25, 0.3) is 0 Å². The maximum Gasteiger partial charge on any atom is 0.341 e. The minimum Gasteiger partial charge on any atom is -0.462 e. The molecule has 0 amide bonds. The van der Waals surface area contributed by atoms with Gasteiger partial charge in [-0.25, -0.2) is 4.79 Å². The van der Waals surface area contributed by atoms with Crippen molar-refractivity contribution >= 4 is 39.6 Å². The van der Waals surface area contributed by atoms with Crippen LogP contribution in [0.15, 0.2) is 6.20 Å². The van der Waals surface area contributed by atoms with E-state index >= 15 is 0 Å². The zero-order valence-corrected chi connectivity index (χ0v) is 17.9. The van der Waals surface area contributed by atoms with Gasteiger partial charge in [-0.3, -0.25) is 4.68 Å². The Hall–Kier alpha value is -1.93. The van der Waals surface area contributed by atoms with Crippen LogP contribution in [0.3, 0.4) is 0 Å². The van der Waals surface area contributed by atoms with E-state index in [-0.39, 0.29) is 12.0 Å². The third-order valence-electron chi connectivity index (χ3n) is 4.97. The molecule has 8 heteroatoms. The van der Waals surface area contributed by atoms with Gasteiger partial charge in [0.25, 0.3) is 0 Å². The van der Waals surface area contributed by atoms with Crippen LogP contribution in [-0.4, -0.2) is 27.5 Å². The number of nitrogens with zero attached hydrogens (tertiary/aromatic N) is 2. The lowest BCUT2D eigenvalue weighted by atomic mass is 9.95. The summed E-state index contributed by atoms with van der Waals surface area (Å²) in [7, 11) is 1.92. The molecular formula is C19H26N4O2S2. The summed E-state index contributed by atoms with van der Waals surface area (Å²) in [5.74, 6) is -0.265. The van der Waals surface area contributed by atoms with Crippen LogP contribution in [-0.2, 0) is 24.6 Å². The normalized spacial score (nSPS) is 14.4. The zero-order valence-electron chi connectivity index (χ0n) is 16.2. The molecule has 0 aliphatic heterocycles. The first-order valence-corrected chi connectivity index (χ1v) is 10.5. The molecule has 0 saturated carbocycles. The standard InChI is InChI=1S/C19H26N4O2S2/c1-5-25-18(24)16-13-8-6-7-9-15(13)27-17(16)22-19(26)21-11(2)14-10-20-23(4)12(14)3/h10-11H,5-9H2,1-4H3,(H2,21,22,26). The number of carbonyl (C=O) groups is 1. The molecule has 0 saturated heterocycles. The zero-order chi connectivity index (χ0) is 19.6. The number of esters is 1. The lowest BCUT2D eigenvalue weighted by molar-refractivity contribution is 0.0526. The summed E-state index contributed by atoms with van der Waals surface area (Å²) >= 11 is 7.14. The van der Waals surface area contributed by atoms with E-state index in [0.29, 0.717) is 17.3 Å². The topological polar surface area (TPSA) is 68.2 Å². The smallest absolute Gasteiger partial charge is 0.341 e. The largest absolute Gasteiger partial charge is 0.462 e. The van der Waals surface area contributed by atoms with E-state index in [0.717, 1.165) is 47.5 Å². The van der Waals surface area contributed by atoms with E-state index in [2.05, 4.69) is 15.7 Å². The van der Waals surface area contributed by atoms with Crippen molar-refractivity contribution in [3.8, 4) is 0 Å². The highest BCUT2D eigenvalue weighted by Crippen LogP contribution is 2.38. The molecule has 0 aromatic carbocycles. The quantitative estimate of drug-likeness (QED) is 0.580. The van der Waals surface area contributed by atoms with Crippen molar-refractivity contribution in [2.45, 2.75) is 52.5 Å². The number of anilines is 1. The van der Waals surface area contributed by atoms with Crippen LogP contribution in [0.1, 0.15) is 64.8 Å². The third kappa shape index (κ3) is 4.16. The van der Waals surface area contributed by atoms with E-state index in [9.17, 15) is 4.79 Å². The first kappa shape index (κ1) is 19.8. The molecule has 1 unspecified atom stereocenters. The fraction of sp³-hybridized carbons (Fsp3) is 0.526. The van der Waals surface area contributed by atoms with Crippen molar-refractivity contribution in [3.63, 3.8) is 0 Å². The van der Waals surface area contributed by atoms with Crippen LogP contribution in [0, 0.1) is 6.92 Å². The highest BCUT2D eigenvalue weighted by molar-refractivity contribution is 7.80. The van der Waals surface area contributed by atoms with Crippen LogP contribution in [0.4, 0.5) is 5.00 Å². The summed E-state index contributed by atoms with van der Waals surface area (Å²) in [6, 6.07) is 0.0133. The summed E-state index contributed by atoms with van der Waals surface area (Å²) < 4.78 is 7.14. The van der Waals surface area contributed by atoms with Gasteiger partial charge >= 0.3 is 5.97 Å². The average molecular weight is 407 g/mol. The van der Waals surface area contributed by atoms with Crippen LogP contribution in [0.5, 0.6) is 0 Å². The molecule has 0 radical (unpaired) electrons. The number of nitrogens with one attached hydrogen (secondary N) is 2. The Balaban J connectivity index is 1.78. The second-order valence-corrected chi connectivity index (χ2v) is 8.28. The summed E-state index contributed by atoms with van der Waals surface area (Å²) in [5.41, 5.74) is 3.98. The minimum atomic E-state index is -0.265. The molecule has 2 N–H and O–H groups in total. The molecule has 0 spiro atoms. The number of thiophene rings is 1. The lowest BCUT2D eigenvalue weighted by Crippen LogP contribution is -2.31. The van der Waals surface area contributed by atoms with Gasteiger partial charge in [-0.1, -0.05) is 0 Å². The Morgan fingerprint density at radius 3 is 2.85 bits per heavy atom. The van der Waals surface area contributed by atoms with Crippen molar-refractivity contribution in [3.05, 3.63) is 33.5 Å². The van der Waals surface area contributed by atoms with Crippen molar-refractivity contribution in [1.29, 1.82) is 0 Å². The third-order valence-corrected chi connectivity index (χ3v) is 6.39. The monoisotopic (exact) mass is 406 g/mol. The van der Waals surface area contributed by atoms with Gasteiger partial charge in [-0.15, -0.1) is 11.3 Å². The van der Waals surface area contributed by atoms with Gasteiger partial charge in [0.1, 0.15) is 5.00 Å². The summed E-state index contributed by atoms with van der Waals surface area (Å²) in [5, 5.41) is 12.1. The maximum absolute atomic E-state index is 12.5. The number of rotatable bonds is 5. The molecule has 2 heterocycles. The average Bonchev–Trinajstić information content (AvgIpc) is 3.15. The molecule has 27 heavy (non-hydrogen) atoms. The van der Waals surface area contributed by atoms with Gasteiger partial charge in [0.05, 0.1) is 24.4 Å². The number of thiocarbonyl (C=S) groups is 1. The molecular weight excluding hydrogens is 380 g/mol. The van der Waals surface area contributed by atoms with Gasteiger partial charge in [-0.05, 0) is 64.2 Å². The van der Waals surface area contributed by atoms with Gasteiger partial charge < -0.3 is 15.4 Å². The summed E-state index contributed by atoms with van der Waals surface area (Å²) in [6.07, 6.45) is 6.06. The van der Waals surface area contributed by atoms with Crippen LogP contribution >= 0.6 is 23.6 Å². The molecule has 146 valence electrons. The predicted molar refractivity (Wildman–Crippen MR) is 113 cm³/mol. The number of hydrogen-bond acceptors (Lipinski definition) is 5. The number of fused-ring (bicyclic) bond motifs is 1. The van der Waals surface area contributed by atoms with Gasteiger partial charge in [-0.2, -0.15) is 5.10 Å². The molecule has 1 aliphatic carbocycles. The van der Waals surface area contributed by atoms with Crippen molar-refractivity contribution in [2.24, 2.45) is 7.05 Å². The number of hydrogen-bond donors (Lipinski definition) is 2. The molecule has 1 aliphatic rings. The molecule has 0 fully saturated rings. The van der Waals surface area contributed by atoms with Gasteiger partial charge in [0.15, 0.2) is 5.11 Å². The minimum absolute atomic E-state index is 0.0133. The lowest BCUT2D eigenvalue weighted by Gasteiger charge is -2.17. The fourth-order valence-corrected chi connectivity index (χ4v) is 5.05. The van der Waals surface area contributed by atoms with E-state index in [1.54, 1.807) is 11.3 Å². The molecule has 2 aromatic rings. The van der Waals surface area contributed by atoms with Crippen molar-refractivity contribution < 1.29 is 9.53 Å². The van der Waals surface area contributed by atoms with E-state index < -0.39 is 0 Å². The van der Waals surface area contributed by atoms with Crippen LogP contribution in [0.2, 0.25) is 0 Å². The molecule has 3 rings (SSSR count). The SMILES string of the molecule is CCOC(=O)c1c(NC(=S)NC(C)c2cnn(C)c2C)sc2c1CCCC2. The number of aromatic nitrogens is 2. The highest BCUT2D eigenvalue weighted by Gasteiger charge is 2.27. The fourth-order valence-electron chi connectivity index (χ4n) is 3.43. The molecule has 0 bridgehead atoms. The first-order valence-electron chi connectivity index (χ1n) is 9.30. The van der Waals surface area contributed by atoms with Crippen molar-refractivity contribution in [2.75, 3.05) is 11.9 Å². The molecule has 6 nitrogen and oxygen atoms in total. The summed E-state index contributed by atoms with van der Waals surface area (Å²) in [4.78, 5) is 13.8. The molecule has 2 aromatic heterocycles. The Labute approximate surface area is 169 Å². The second kappa shape index (κ2) is 8.39. The second-order valence-electron chi connectivity index (χ2n) is 6.76. The Morgan fingerprint density at radius 1 is 1.44 bits per heavy atom. The highest BCUT2D eigenvalue weighted by atomic mass is 32.1. The number of ether oxygens (including phenoxy) is 1. The van der Waals surface area contributed by atoms with Crippen molar-refractivity contribution in [1.82, 2.24) is 15.1 Å². The van der Waals surface area contributed by atoms with E-state index in [1.807, 2.05) is 38.7 Å². The van der Waals surface area contributed by atoms with E-state index in [4.69, 9.17) is 17.0 Å². The molecule has 1 atom stereocenters. The van der Waals surface area contributed by atoms with Gasteiger partial charge in [0, 0.05) is 23.2 Å². The summed E-state index contributed by atoms with van der Waals surface area (Å²) in [6.45, 7) is 6.27. The Morgan fingerprint density at radius 2 is 2.19 bits per heavy atom. The number of carbonyl (C=O) groups excluding carboxylic acids is 1.